The monoisotopic (exact) mass is 704 g/mol. The molecule has 12 nitrogen and oxygen atoms in total. The number of amides is 1. The van der Waals surface area contributed by atoms with E-state index in [0.29, 0.717) is 42.4 Å². The first-order chi connectivity index (χ1) is 23.5. The summed E-state index contributed by atoms with van der Waals surface area (Å²) >= 11 is 6.09. The second kappa shape index (κ2) is 12.7. The van der Waals surface area contributed by atoms with Crippen molar-refractivity contribution in [3.8, 4) is 5.82 Å². The number of piperidine rings is 1. The van der Waals surface area contributed by atoms with E-state index in [1.807, 2.05) is 0 Å². The first-order valence-electron chi connectivity index (χ1n) is 15.1. The standard InChI is InChI=1S/C33H27ClF2N8O4S/c1-18-21(34)6-4-8-26(18)49(47,48)42-23-10-9-22(35)30(28(23)36)40-32-31-24(37-17-38-32)11-12-27(39-31)44-25-7-3-2-5-20(25)29(41-44)33(46)43-15-13-19(45)14-16-43/h2-12,17,19,42,45H,13-16H2,1H3,(H,37,38,40). The van der Waals surface area contributed by atoms with Gasteiger partial charge in [0.05, 0.1) is 27.7 Å². The Bertz CT molecular complexity index is 2380. The maximum atomic E-state index is 15.8. The highest BCUT2D eigenvalue weighted by Gasteiger charge is 2.27. The molecule has 7 rings (SSSR count). The molecule has 0 radical (unpaired) electrons. The molecule has 1 saturated heterocycles. The average molecular weight is 705 g/mol. The molecule has 1 fully saturated rings. The number of fused-ring (bicyclic) bond motifs is 2. The number of halogens is 3. The van der Waals surface area contributed by atoms with Gasteiger partial charge in [0.2, 0.25) is 0 Å². The lowest BCUT2D eigenvalue weighted by molar-refractivity contribution is 0.0542. The number of nitrogens with zero attached hydrogens (tertiary/aromatic N) is 6. The fourth-order valence-corrected chi connectivity index (χ4v) is 7.26. The molecule has 0 atom stereocenters. The molecule has 0 aliphatic carbocycles. The third-order valence-electron chi connectivity index (χ3n) is 8.31. The van der Waals surface area contributed by atoms with Gasteiger partial charge in [-0.15, -0.1) is 0 Å². The normalized spacial score (nSPS) is 14.0. The van der Waals surface area contributed by atoms with E-state index in [0.717, 1.165) is 12.1 Å². The van der Waals surface area contributed by atoms with Gasteiger partial charge in [0.15, 0.2) is 23.1 Å². The molecule has 6 aromatic rings. The number of aliphatic hydroxyl groups excluding tert-OH is 1. The average Bonchev–Trinajstić information content (AvgIpc) is 3.48. The van der Waals surface area contributed by atoms with E-state index in [1.165, 1.54) is 36.1 Å². The number of hydrogen-bond acceptors (Lipinski definition) is 9. The van der Waals surface area contributed by atoms with Crippen LogP contribution in [0.3, 0.4) is 0 Å². The van der Waals surface area contributed by atoms with Crippen LogP contribution in [-0.4, -0.2) is 68.3 Å². The second-order valence-corrected chi connectivity index (χ2v) is 13.5. The number of para-hydroxylation sites is 1. The quantitative estimate of drug-likeness (QED) is 0.189. The number of aromatic nitrogens is 5. The van der Waals surface area contributed by atoms with Gasteiger partial charge in [0.1, 0.15) is 23.3 Å². The topological polar surface area (TPSA) is 155 Å². The van der Waals surface area contributed by atoms with Crippen molar-refractivity contribution in [2.24, 2.45) is 0 Å². The molecule has 0 bridgehead atoms. The van der Waals surface area contributed by atoms with Crippen LogP contribution in [0, 0.1) is 18.6 Å². The van der Waals surface area contributed by atoms with Gasteiger partial charge in [-0.3, -0.25) is 9.52 Å². The molecule has 3 N–H and O–H groups in total. The Morgan fingerprint density at radius 2 is 1.78 bits per heavy atom. The third kappa shape index (κ3) is 6.00. The van der Waals surface area contributed by atoms with Gasteiger partial charge < -0.3 is 15.3 Å². The molecule has 1 aliphatic heterocycles. The highest BCUT2D eigenvalue weighted by atomic mass is 35.5. The van der Waals surface area contributed by atoms with Crippen molar-refractivity contribution >= 4 is 66.7 Å². The fraction of sp³-hybridized carbons (Fsp3) is 0.182. The molecular formula is C33H27ClF2N8O4S. The minimum absolute atomic E-state index is 0.0741. The molecule has 3 aromatic carbocycles. The molecule has 0 saturated carbocycles. The van der Waals surface area contributed by atoms with Crippen molar-refractivity contribution in [3.05, 3.63) is 101 Å². The van der Waals surface area contributed by atoms with E-state index >= 15 is 8.78 Å². The van der Waals surface area contributed by atoms with Gasteiger partial charge in [-0.25, -0.2) is 36.8 Å². The smallest absolute Gasteiger partial charge is 0.275 e. The van der Waals surface area contributed by atoms with E-state index in [2.05, 4.69) is 30.1 Å². The summed E-state index contributed by atoms with van der Waals surface area (Å²) in [5.41, 5.74) is 0.325. The van der Waals surface area contributed by atoms with Crippen LogP contribution in [0.1, 0.15) is 28.9 Å². The maximum absolute atomic E-state index is 15.8. The van der Waals surface area contributed by atoms with Gasteiger partial charge in [-0.1, -0.05) is 35.9 Å². The Hall–Kier alpha value is -5.25. The fourth-order valence-electron chi connectivity index (χ4n) is 5.70. The van der Waals surface area contributed by atoms with E-state index < -0.39 is 39.1 Å². The predicted molar refractivity (Wildman–Crippen MR) is 180 cm³/mol. The maximum Gasteiger partial charge on any atom is 0.275 e. The third-order valence-corrected chi connectivity index (χ3v) is 10.2. The molecule has 1 amide bonds. The largest absolute Gasteiger partial charge is 0.393 e. The van der Waals surface area contributed by atoms with E-state index in [-0.39, 0.29) is 44.2 Å². The molecule has 250 valence electrons. The molecule has 49 heavy (non-hydrogen) atoms. The zero-order chi connectivity index (χ0) is 34.4. The van der Waals surface area contributed by atoms with Gasteiger partial charge in [0.25, 0.3) is 15.9 Å². The molecule has 3 aromatic heterocycles. The van der Waals surface area contributed by atoms with Crippen LogP contribution in [0.2, 0.25) is 5.02 Å². The van der Waals surface area contributed by atoms with E-state index in [1.54, 1.807) is 41.3 Å². The van der Waals surface area contributed by atoms with Gasteiger partial charge in [-0.05, 0) is 67.8 Å². The van der Waals surface area contributed by atoms with Crippen LogP contribution >= 0.6 is 11.6 Å². The molecule has 4 heterocycles. The number of benzene rings is 3. The Morgan fingerprint density at radius 3 is 2.57 bits per heavy atom. The number of carbonyl (C=O) groups is 1. The van der Waals surface area contributed by atoms with Crippen molar-refractivity contribution in [1.29, 1.82) is 0 Å². The Balaban J connectivity index is 1.25. The highest BCUT2D eigenvalue weighted by Crippen LogP contribution is 2.33. The summed E-state index contributed by atoms with van der Waals surface area (Å²) in [6, 6.07) is 16.6. The van der Waals surface area contributed by atoms with Crippen LogP contribution in [0.15, 0.2) is 78.0 Å². The molecule has 1 aliphatic rings. The number of hydrogen-bond donors (Lipinski definition) is 3. The highest BCUT2D eigenvalue weighted by molar-refractivity contribution is 7.92. The van der Waals surface area contributed by atoms with Gasteiger partial charge in [-0.2, -0.15) is 5.10 Å². The number of carbonyl (C=O) groups excluding carboxylic acids is 1. The Labute approximate surface area is 283 Å². The van der Waals surface area contributed by atoms with Gasteiger partial charge >= 0.3 is 0 Å². The summed E-state index contributed by atoms with van der Waals surface area (Å²) in [6.07, 6.45) is 1.69. The Morgan fingerprint density at radius 1 is 1.00 bits per heavy atom. The molecule has 0 spiro atoms. The van der Waals surface area contributed by atoms with Crippen LogP contribution in [0.4, 0.5) is 26.0 Å². The Kier molecular flexibility index (Phi) is 8.34. The lowest BCUT2D eigenvalue weighted by Crippen LogP contribution is -2.40. The van der Waals surface area contributed by atoms with Crippen molar-refractivity contribution in [3.63, 3.8) is 0 Å². The number of anilines is 3. The van der Waals surface area contributed by atoms with Crippen LogP contribution < -0.4 is 10.0 Å². The summed E-state index contributed by atoms with van der Waals surface area (Å²) in [5, 5.41) is 18.0. The van der Waals surface area contributed by atoms with Crippen molar-refractivity contribution in [2.75, 3.05) is 23.1 Å². The minimum atomic E-state index is -4.30. The summed E-state index contributed by atoms with van der Waals surface area (Å²) in [6.45, 7) is 2.31. The molecule has 16 heteroatoms. The summed E-state index contributed by atoms with van der Waals surface area (Å²) < 4.78 is 60.9. The van der Waals surface area contributed by atoms with Crippen molar-refractivity contribution in [2.45, 2.75) is 30.8 Å². The van der Waals surface area contributed by atoms with Gasteiger partial charge in [0, 0.05) is 23.5 Å². The number of pyridine rings is 1. The SMILES string of the molecule is Cc1c(Cl)cccc1S(=O)(=O)Nc1ccc(F)c(Nc2ncnc3ccc(-n4nc(C(=O)N5CCC(O)CC5)c5ccccc54)nc23)c1F. The van der Waals surface area contributed by atoms with Crippen molar-refractivity contribution in [1.82, 2.24) is 29.6 Å². The first-order valence-corrected chi connectivity index (χ1v) is 17.0. The zero-order valence-corrected chi connectivity index (χ0v) is 27.3. The lowest BCUT2D eigenvalue weighted by atomic mass is 10.1. The van der Waals surface area contributed by atoms with Crippen molar-refractivity contribution < 1.29 is 27.1 Å². The first kappa shape index (κ1) is 32.3. The van der Waals surface area contributed by atoms with Crippen LogP contribution in [0.25, 0.3) is 27.8 Å². The summed E-state index contributed by atoms with van der Waals surface area (Å²) in [7, 11) is -4.30. The minimum Gasteiger partial charge on any atom is -0.393 e. The number of nitrogens with one attached hydrogen (secondary N) is 2. The van der Waals surface area contributed by atoms with E-state index in [9.17, 15) is 18.3 Å². The zero-order valence-electron chi connectivity index (χ0n) is 25.7. The van der Waals surface area contributed by atoms with Crippen LogP contribution in [0.5, 0.6) is 0 Å². The second-order valence-electron chi connectivity index (χ2n) is 11.4. The number of rotatable bonds is 7. The summed E-state index contributed by atoms with van der Waals surface area (Å²) in [4.78, 5) is 28.1. The predicted octanol–water partition coefficient (Wildman–Crippen LogP) is 5.75. The summed E-state index contributed by atoms with van der Waals surface area (Å²) in [5.74, 6) is -2.32. The van der Waals surface area contributed by atoms with E-state index in [4.69, 9.17) is 11.6 Å². The lowest BCUT2D eigenvalue weighted by Gasteiger charge is -2.29. The number of sulfonamides is 1. The number of likely N-dealkylation sites (tertiary alicyclic amines) is 1. The molecule has 0 unspecified atom stereocenters. The van der Waals surface area contributed by atoms with Crippen LogP contribution in [-0.2, 0) is 10.0 Å². The number of aliphatic hydroxyl groups is 1. The molecular weight excluding hydrogens is 678 g/mol.